The zero-order valence-electron chi connectivity index (χ0n) is 9.83. The molecule has 1 aliphatic heterocycles. The van der Waals surface area contributed by atoms with E-state index in [0.29, 0.717) is 6.61 Å². The van der Waals surface area contributed by atoms with E-state index in [1.54, 1.807) is 17.9 Å². The standard InChI is InChI=1S/C10H16N4O3/c1-2-16-10(15)11-9-8-14(12-17-9)13-6-4-3-5-7-13/h8H,2-7H2,1H3. The Bertz CT molecular complexity index is 385. The van der Waals surface area contributed by atoms with Gasteiger partial charge in [0, 0.05) is 0 Å². The first-order valence-corrected chi connectivity index (χ1v) is 5.82. The van der Waals surface area contributed by atoms with Gasteiger partial charge in [0.1, 0.15) is 0 Å². The zero-order valence-corrected chi connectivity index (χ0v) is 9.83. The van der Waals surface area contributed by atoms with Crippen LogP contribution in [0.3, 0.4) is 0 Å². The van der Waals surface area contributed by atoms with Crippen molar-refractivity contribution in [1.29, 1.82) is 0 Å². The van der Waals surface area contributed by atoms with Crippen molar-refractivity contribution in [1.82, 2.24) is 5.27 Å². The van der Waals surface area contributed by atoms with Crippen molar-refractivity contribution < 1.29 is 19.2 Å². The predicted molar refractivity (Wildman–Crippen MR) is 57.2 cm³/mol. The second-order valence-corrected chi connectivity index (χ2v) is 3.79. The lowest BCUT2D eigenvalue weighted by Gasteiger charge is -2.17. The van der Waals surface area contributed by atoms with Gasteiger partial charge < -0.3 is 9.84 Å². The summed E-state index contributed by atoms with van der Waals surface area (Å²) in [5.74, 6) is 0.161. The van der Waals surface area contributed by atoms with E-state index in [4.69, 9.17) is 4.52 Å². The summed E-state index contributed by atoms with van der Waals surface area (Å²) in [6.45, 7) is 3.90. The van der Waals surface area contributed by atoms with Crippen LogP contribution in [0.15, 0.2) is 15.7 Å². The average molecular weight is 240 g/mol. The molecule has 2 rings (SSSR count). The fraction of sp³-hybridized carbons (Fsp3) is 0.700. The van der Waals surface area contributed by atoms with Gasteiger partial charge in [-0.2, -0.15) is 10.0 Å². The number of ether oxygens (including phenoxy) is 1. The number of hydrogen-bond acceptors (Lipinski definition) is 6. The fourth-order valence-corrected chi connectivity index (χ4v) is 1.74. The molecular formula is C10H16N4O3. The highest BCUT2D eigenvalue weighted by Crippen LogP contribution is 2.08. The first-order valence-electron chi connectivity index (χ1n) is 5.82. The Hall–Kier alpha value is -1.79. The summed E-state index contributed by atoms with van der Waals surface area (Å²) in [5, 5.41) is 17.0. The number of piperidine rings is 1. The van der Waals surface area contributed by atoms with E-state index in [2.05, 4.69) is 20.0 Å². The Kier molecular flexibility index (Phi) is 3.79. The van der Waals surface area contributed by atoms with E-state index < -0.39 is 6.08 Å². The normalized spacial score (nSPS) is 17.2. The van der Waals surface area contributed by atoms with Crippen molar-refractivity contribution >= 4 is 12.0 Å². The SMILES string of the molecule is CCOC([O-])=Nc1c[n+](N2CCCCC2)no1. The lowest BCUT2D eigenvalue weighted by Crippen LogP contribution is -2.60. The monoisotopic (exact) mass is 240 g/mol. The van der Waals surface area contributed by atoms with Crippen molar-refractivity contribution in [2.24, 2.45) is 4.99 Å². The Labute approximate surface area is 99.2 Å². The summed E-state index contributed by atoms with van der Waals surface area (Å²) in [6.07, 6.45) is 4.46. The molecule has 2 heterocycles. The number of aliphatic imine (C=N–C) groups is 1. The van der Waals surface area contributed by atoms with Crippen LogP contribution in [0.25, 0.3) is 0 Å². The molecule has 1 aromatic rings. The van der Waals surface area contributed by atoms with E-state index in [0.717, 1.165) is 25.9 Å². The lowest BCUT2D eigenvalue weighted by atomic mass is 10.2. The zero-order chi connectivity index (χ0) is 12.1. The summed E-state index contributed by atoms with van der Waals surface area (Å²) in [5.41, 5.74) is 0. The quantitative estimate of drug-likeness (QED) is 0.403. The summed E-state index contributed by atoms with van der Waals surface area (Å²) in [6, 6.07) is 0. The second kappa shape index (κ2) is 5.51. The van der Waals surface area contributed by atoms with Gasteiger partial charge in [0.2, 0.25) is 5.27 Å². The van der Waals surface area contributed by atoms with Gasteiger partial charge in [-0.3, -0.25) is 4.52 Å². The molecular weight excluding hydrogens is 224 g/mol. The Morgan fingerprint density at radius 3 is 3.06 bits per heavy atom. The maximum atomic E-state index is 11.1. The van der Waals surface area contributed by atoms with Crippen molar-refractivity contribution in [2.75, 3.05) is 24.7 Å². The Balaban J connectivity index is 2.02. The minimum Gasteiger partial charge on any atom is -0.600 e. The molecule has 0 amide bonds. The number of nitrogens with zero attached hydrogens (tertiary/aromatic N) is 4. The molecule has 0 radical (unpaired) electrons. The van der Waals surface area contributed by atoms with Gasteiger partial charge in [-0.05, 0) is 25.9 Å². The molecule has 0 atom stereocenters. The van der Waals surface area contributed by atoms with E-state index in [-0.39, 0.29) is 5.88 Å². The third-order valence-electron chi connectivity index (χ3n) is 2.54. The van der Waals surface area contributed by atoms with Crippen molar-refractivity contribution in [3.63, 3.8) is 0 Å². The van der Waals surface area contributed by atoms with E-state index in [1.165, 1.54) is 6.42 Å². The van der Waals surface area contributed by atoms with Crippen LogP contribution in [0.5, 0.6) is 0 Å². The number of rotatable bonds is 3. The fourth-order valence-electron chi connectivity index (χ4n) is 1.74. The predicted octanol–water partition coefficient (Wildman–Crippen LogP) is -0.532. The molecule has 1 aromatic heterocycles. The number of aromatic nitrogens is 2. The van der Waals surface area contributed by atoms with Crippen LogP contribution in [0.4, 0.5) is 5.88 Å². The van der Waals surface area contributed by atoms with E-state index >= 15 is 0 Å². The molecule has 0 spiro atoms. The van der Waals surface area contributed by atoms with Gasteiger partial charge in [0.25, 0.3) is 6.20 Å². The summed E-state index contributed by atoms with van der Waals surface area (Å²) in [4.78, 5) is 5.22. The van der Waals surface area contributed by atoms with Crippen LogP contribution in [0, 0.1) is 0 Å². The van der Waals surface area contributed by atoms with Crippen LogP contribution in [-0.4, -0.2) is 31.1 Å². The Morgan fingerprint density at radius 1 is 1.59 bits per heavy atom. The smallest absolute Gasteiger partial charge is 0.326 e. The topological polar surface area (TPSA) is 77.8 Å². The summed E-state index contributed by atoms with van der Waals surface area (Å²) in [7, 11) is 0. The molecule has 0 saturated carbocycles. The largest absolute Gasteiger partial charge is 0.600 e. The van der Waals surface area contributed by atoms with Crippen molar-refractivity contribution in [3.05, 3.63) is 6.20 Å². The second-order valence-electron chi connectivity index (χ2n) is 3.79. The maximum Gasteiger partial charge on any atom is 0.326 e. The molecule has 7 nitrogen and oxygen atoms in total. The van der Waals surface area contributed by atoms with Crippen molar-refractivity contribution in [2.45, 2.75) is 26.2 Å². The summed E-state index contributed by atoms with van der Waals surface area (Å²) < 4.78 is 9.62. The molecule has 7 heteroatoms. The van der Waals surface area contributed by atoms with Crippen LogP contribution in [-0.2, 0) is 4.74 Å². The lowest BCUT2D eigenvalue weighted by molar-refractivity contribution is -0.759. The molecule has 1 aliphatic rings. The van der Waals surface area contributed by atoms with Gasteiger partial charge in [-0.25, -0.2) is 0 Å². The molecule has 0 N–H and O–H groups in total. The first-order chi connectivity index (χ1) is 8.29. The third-order valence-corrected chi connectivity index (χ3v) is 2.54. The average Bonchev–Trinajstić information content (AvgIpc) is 2.79. The first kappa shape index (κ1) is 11.7. The minimum absolute atomic E-state index is 0.161. The highest BCUT2D eigenvalue weighted by Gasteiger charge is 2.22. The maximum absolute atomic E-state index is 11.1. The molecule has 1 fully saturated rings. The molecule has 0 aromatic carbocycles. The molecule has 17 heavy (non-hydrogen) atoms. The Morgan fingerprint density at radius 2 is 2.35 bits per heavy atom. The van der Waals surface area contributed by atoms with Gasteiger partial charge in [-0.1, -0.05) is 6.92 Å². The highest BCUT2D eigenvalue weighted by molar-refractivity contribution is 5.64. The number of hydrogen-bond donors (Lipinski definition) is 0. The van der Waals surface area contributed by atoms with Gasteiger partial charge in [0.15, 0.2) is 6.08 Å². The van der Waals surface area contributed by atoms with Gasteiger partial charge in [0.05, 0.1) is 17.9 Å². The van der Waals surface area contributed by atoms with Crippen LogP contribution < -0.4 is 14.9 Å². The van der Waals surface area contributed by atoms with Crippen LogP contribution in [0.1, 0.15) is 26.2 Å². The highest BCUT2D eigenvalue weighted by atomic mass is 16.6. The van der Waals surface area contributed by atoms with E-state index in [1.807, 2.05) is 0 Å². The molecule has 94 valence electrons. The van der Waals surface area contributed by atoms with Crippen molar-refractivity contribution in [3.8, 4) is 0 Å². The van der Waals surface area contributed by atoms with E-state index in [9.17, 15) is 5.11 Å². The van der Waals surface area contributed by atoms with Gasteiger partial charge in [-0.15, -0.1) is 0 Å². The third kappa shape index (κ3) is 3.08. The molecule has 0 bridgehead atoms. The molecule has 0 aliphatic carbocycles. The van der Waals surface area contributed by atoms with Crippen LogP contribution in [0.2, 0.25) is 0 Å². The molecule has 0 unspecified atom stereocenters. The molecule has 1 saturated heterocycles. The van der Waals surface area contributed by atoms with Crippen LogP contribution >= 0.6 is 0 Å². The van der Waals surface area contributed by atoms with Gasteiger partial charge >= 0.3 is 5.88 Å². The minimum atomic E-state index is -0.658. The summed E-state index contributed by atoms with van der Waals surface area (Å²) >= 11 is 0.